The predicted octanol–water partition coefficient (Wildman–Crippen LogP) is 5.04. The lowest BCUT2D eigenvalue weighted by Crippen LogP contribution is -2.34. The first-order valence-electron chi connectivity index (χ1n) is 8.63. The van der Waals surface area contributed by atoms with Crippen LogP contribution in [-0.4, -0.2) is 27.6 Å². The van der Waals surface area contributed by atoms with E-state index in [1.165, 1.54) is 6.07 Å². The molecule has 0 unspecified atom stereocenters. The lowest BCUT2D eigenvalue weighted by molar-refractivity contribution is 0.193. The molecule has 0 bridgehead atoms. The number of carbonyl (C=O) groups is 1. The van der Waals surface area contributed by atoms with E-state index in [1.807, 2.05) is 0 Å². The standard InChI is InChI=1S/C19H15ClF2N4O2/c20-11-3-1-4-13(9-11)23-19(27)26-8-2-5-16(26)18-24-17(25-28-18)14-7-6-12(21)10-15(14)22/h1,3-4,6-7,9-10,16H,2,5,8H2,(H,23,27)/t16-/m0/s1. The molecule has 2 heterocycles. The van der Waals surface area contributed by atoms with Crippen LogP contribution in [0.2, 0.25) is 5.02 Å². The summed E-state index contributed by atoms with van der Waals surface area (Å²) in [6, 6.07) is 9.20. The molecule has 6 nitrogen and oxygen atoms in total. The van der Waals surface area contributed by atoms with E-state index in [-0.39, 0.29) is 23.3 Å². The van der Waals surface area contributed by atoms with Gasteiger partial charge in [0.25, 0.3) is 0 Å². The average Bonchev–Trinajstić information content (AvgIpc) is 3.31. The Morgan fingerprint density at radius 1 is 1.25 bits per heavy atom. The van der Waals surface area contributed by atoms with Crippen molar-refractivity contribution in [3.63, 3.8) is 0 Å². The van der Waals surface area contributed by atoms with Crippen molar-refractivity contribution in [3.05, 3.63) is 65.0 Å². The number of rotatable bonds is 3. The van der Waals surface area contributed by atoms with Crippen LogP contribution in [0.25, 0.3) is 11.4 Å². The zero-order chi connectivity index (χ0) is 19.7. The Morgan fingerprint density at radius 2 is 2.11 bits per heavy atom. The Bertz CT molecular complexity index is 1030. The van der Waals surface area contributed by atoms with Crippen molar-refractivity contribution < 1.29 is 18.1 Å². The smallest absolute Gasteiger partial charge is 0.322 e. The minimum absolute atomic E-state index is 0.00889. The molecule has 3 aromatic rings. The Balaban J connectivity index is 1.54. The van der Waals surface area contributed by atoms with E-state index in [9.17, 15) is 13.6 Å². The molecule has 1 atom stereocenters. The molecule has 1 aliphatic heterocycles. The van der Waals surface area contributed by atoms with E-state index in [4.69, 9.17) is 16.1 Å². The summed E-state index contributed by atoms with van der Waals surface area (Å²) < 4.78 is 32.3. The number of amides is 2. The normalized spacial score (nSPS) is 16.4. The van der Waals surface area contributed by atoms with Gasteiger partial charge in [-0.1, -0.05) is 22.8 Å². The van der Waals surface area contributed by atoms with Crippen molar-refractivity contribution in [1.82, 2.24) is 15.0 Å². The molecular weight excluding hydrogens is 390 g/mol. The third-order valence-electron chi connectivity index (χ3n) is 4.49. The SMILES string of the molecule is O=C(Nc1cccc(Cl)c1)N1CCC[C@H]1c1nc(-c2ccc(F)cc2F)no1. The molecule has 1 aliphatic rings. The maximum atomic E-state index is 14.0. The minimum atomic E-state index is -0.783. The van der Waals surface area contributed by atoms with Gasteiger partial charge in [-0.25, -0.2) is 13.6 Å². The number of likely N-dealkylation sites (tertiary alicyclic amines) is 1. The molecule has 9 heteroatoms. The second-order valence-corrected chi connectivity index (χ2v) is 6.81. The summed E-state index contributed by atoms with van der Waals surface area (Å²) in [5, 5.41) is 7.09. The van der Waals surface area contributed by atoms with Gasteiger partial charge in [-0.2, -0.15) is 4.98 Å². The second-order valence-electron chi connectivity index (χ2n) is 6.37. The topological polar surface area (TPSA) is 71.3 Å². The molecule has 0 spiro atoms. The first-order valence-corrected chi connectivity index (χ1v) is 9.01. The number of nitrogens with one attached hydrogen (secondary N) is 1. The van der Waals surface area contributed by atoms with Gasteiger partial charge in [-0.3, -0.25) is 0 Å². The van der Waals surface area contributed by atoms with Crippen molar-refractivity contribution in [2.24, 2.45) is 0 Å². The number of carbonyl (C=O) groups excluding carboxylic acids is 1. The summed E-state index contributed by atoms with van der Waals surface area (Å²) in [6.07, 6.45) is 1.40. The molecule has 1 saturated heterocycles. The number of hydrogen-bond donors (Lipinski definition) is 1. The Labute approximate surface area is 164 Å². The number of nitrogens with zero attached hydrogens (tertiary/aromatic N) is 3. The highest BCUT2D eigenvalue weighted by Crippen LogP contribution is 2.33. The van der Waals surface area contributed by atoms with E-state index < -0.39 is 17.7 Å². The number of halogens is 3. The molecule has 2 amide bonds. The summed E-state index contributed by atoms with van der Waals surface area (Å²) in [6.45, 7) is 0.514. The van der Waals surface area contributed by atoms with Gasteiger partial charge in [0.1, 0.15) is 17.7 Å². The molecule has 0 radical (unpaired) electrons. The van der Waals surface area contributed by atoms with E-state index in [1.54, 1.807) is 29.2 Å². The lowest BCUT2D eigenvalue weighted by atomic mass is 10.2. The van der Waals surface area contributed by atoms with Crippen molar-refractivity contribution in [3.8, 4) is 11.4 Å². The van der Waals surface area contributed by atoms with Crippen LogP contribution >= 0.6 is 11.6 Å². The van der Waals surface area contributed by atoms with Crippen LogP contribution < -0.4 is 5.32 Å². The third kappa shape index (κ3) is 3.68. The van der Waals surface area contributed by atoms with Gasteiger partial charge >= 0.3 is 6.03 Å². The van der Waals surface area contributed by atoms with Crippen molar-refractivity contribution in [2.75, 3.05) is 11.9 Å². The Morgan fingerprint density at radius 3 is 2.89 bits per heavy atom. The molecule has 4 rings (SSSR count). The van der Waals surface area contributed by atoms with Gasteiger partial charge in [-0.05, 0) is 43.2 Å². The van der Waals surface area contributed by atoms with E-state index in [0.29, 0.717) is 23.7 Å². The number of benzene rings is 2. The van der Waals surface area contributed by atoms with Crippen LogP contribution in [0.3, 0.4) is 0 Å². The summed E-state index contributed by atoms with van der Waals surface area (Å²) in [5.41, 5.74) is 0.604. The number of hydrogen-bond acceptors (Lipinski definition) is 4. The summed E-state index contributed by atoms with van der Waals surface area (Å²) in [7, 11) is 0. The van der Waals surface area contributed by atoms with Crippen LogP contribution in [0.5, 0.6) is 0 Å². The van der Waals surface area contributed by atoms with Gasteiger partial charge in [0.2, 0.25) is 11.7 Å². The zero-order valence-electron chi connectivity index (χ0n) is 14.5. The van der Waals surface area contributed by atoms with Crippen molar-refractivity contribution in [1.29, 1.82) is 0 Å². The van der Waals surface area contributed by atoms with E-state index in [0.717, 1.165) is 18.6 Å². The van der Waals surface area contributed by atoms with Gasteiger partial charge < -0.3 is 14.7 Å². The average molecular weight is 405 g/mol. The van der Waals surface area contributed by atoms with Crippen molar-refractivity contribution in [2.45, 2.75) is 18.9 Å². The minimum Gasteiger partial charge on any atom is -0.337 e. The monoisotopic (exact) mass is 404 g/mol. The molecule has 1 N–H and O–H groups in total. The van der Waals surface area contributed by atoms with Gasteiger partial charge in [0, 0.05) is 23.3 Å². The maximum Gasteiger partial charge on any atom is 0.322 e. The van der Waals surface area contributed by atoms with Crippen LogP contribution in [0.1, 0.15) is 24.8 Å². The van der Waals surface area contributed by atoms with Crippen LogP contribution in [0, 0.1) is 11.6 Å². The maximum absolute atomic E-state index is 14.0. The van der Waals surface area contributed by atoms with Gasteiger partial charge in [0.15, 0.2) is 0 Å². The zero-order valence-corrected chi connectivity index (χ0v) is 15.3. The number of anilines is 1. The van der Waals surface area contributed by atoms with Crippen LogP contribution in [0.4, 0.5) is 19.3 Å². The molecule has 144 valence electrons. The molecular formula is C19H15ClF2N4O2. The molecule has 28 heavy (non-hydrogen) atoms. The molecule has 0 saturated carbocycles. The fourth-order valence-corrected chi connectivity index (χ4v) is 3.37. The third-order valence-corrected chi connectivity index (χ3v) is 4.72. The highest BCUT2D eigenvalue weighted by molar-refractivity contribution is 6.30. The number of urea groups is 1. The van der Waals surface area contributed by atoms with Gasteiger partial charge in [0.05, 0.1) is 5.56 Å². The van der Waals surface area contributed by atoms with E-state index in [2.05, 4.69) is 15.5 Å². The summed E-state index contributed by atoms with van der Waals surface area (Å²) in [4.78, 5) is 18.5. The fourth-order valence-electron chi connectivity index (χ4n) is 3.18. The molecule has 1 fully saturated rings. The highest BCUT2D eigenvalue weighted by Gasteiger charge is 2.34. The fraction of sp³-hybridized carbons (Fsp3) is 0.211. The molecule has 0 aliphatic carbocycles. The summed E-state index contributed by atoms with van der Waals surface area (Å²) in [5.74, 6) is -1.26. The first kappa shape index (κ1) is 18.4. The summed E-state index contributed by atoms with van der Waals surface area (Å²) >= 11 is 5.94. The lowest BCUT2D eigenvalue weighted by Gasteiger charge is -2.22. The molecule has 1 aromatic heterocycles. The van der Waals surface area contributed by atoms with Crippen LogP contribution in [0.15, 0.2) is 47.0 Å². The highest BCUT2D eigenvalue weighted by atomic mass is 35.5. The van der Waals surface area contributed by atoms with E-state index >= 15 is 0 Å². The quantitative estimate of drug-likeness (QED) is 0.664. The predicted molar refractivity (Wildman–Crippen MR) is 98.8 cm³/mol. The molecule has 2 aromatic carbocycles. The van der Waals surface area contributed by atoms with Crippen LogP contribution in [-0.2, 0) is 0 Å². The Hall–Kier alpha value is -3.00. The Kier molecular flexibility index (Phi) is 4.95. The van der Waals surface area contributed by atoms with Crippen molar-refractivity contribution >= 4 is 23.3 Å². The first-order chi connectivity index (χ1) is 13.5. The number of aromatic nitrogens is 2. The largest absolute Gasteiger partial charge is 0.337 e. The van der Waals surface area contributed by atoms with Gasteiger partial charge in [-0.15, -0.1) is 0 Å². The second kappa shape index (κ2) is 7.55.